The third-order valence-electron chi connectivity index (χ3n) is 6.15. The molecule has 150 valence electrons. The van der Waals surface area contributed by atoms with Crippen LogP contribution in [0.4, 0.5) is 4.39 Å². The lowest BCUT2D eigenvalue weighted by Gasteiger charge is -2.38. The number of rotatable bonds is 7. The molecule has 1 saturated carbocycles. The Morgan fingerprint density at radius 2 is 2.11 bits per heavy atom. The fourth-order valence-electron chi connectivity index (χ4n) is 4.64. The maximum absolute atomic E-state index is 13.3. The molecule has 1 unspecified atom stereocenters. The second-order valence-electron chi connectivity index (χ2n) is 8.09. The van der Waals surface area contributed by atoms with Gasteiger partial charge >= 0.3 is 0 Å². The highest BCUT2D eigenvalue weighted by molar-refractivity contribution is 6.31. The molecule has 1 aliphatic carbocycles. The van der Waals surface area contributed by atoms with E-state index in [2.05, 4.69) is 10.6 Å². The van der Waals surface area contributed by atoms with E-state index in [1.807, 2.05) is 6.07 Å². The zero-order valence-corrected chi connectivity index (χ0v) is 16.8. The number of benzene rings is 1. The molecule has 2 fully saturated rings. The van der Waals surface area contributed by atoms with E-state index in [-0.39, 0.29) is 17.3 Å². The topological polar surface area (TPSA) is 50.4 Å². The standard InChI is InChI=1S/C21H30ClFN2O2/c1-27-14-21(9-11-24-20(26)13-21)25-10-8-15-2-4-16(5-3-15)18-7-6-17(23)12-19(18)22/h6-7,12,15-16,25H,2-5,8-11,13-14H2,1H3,(H,24,26)/t15-,16+,21?. The number of carbonyl (C=O) groups is 1. The van der Waals surface area contributed by atoms with Crippen LogP contribution in [0, 0.1) is 11.7 Å². The van der Waals surface area contributed by atoms with Crippen LogP contribution in [0.3, 0.4) is 0 Å². The second-order valence-corrected chi connectivity index (χ2v) is 8.50. The van der Waals surface area contributed by atoms with Crippen molar-refractivity contribution < 1.29 is 13.9 Å². The first-order valence-corrected chi connectivity index (χ1v) is 10.3. The first-order chi connectivity index (χ1) is 13.0. The Balaban J connectivity index is 1.46. The van der Waals surface area contributed by atoms with Gasteiger partial charge in [0.2, 0.25) is 5.91 Å². The van der Waals surface area contributed by atoms with Gasteiger partial charge < -0.3 is 15.4 Å². The number of piperidine rings is 1. The molecule has 0 aromatic heterocycles. The van der Waals surface area contributed by atoms with Crippen molar-refractivity contribution in [2.24, 2.45) is 5.92 Å². The second kappa shape index (κ2) is 9.35. The van der Waals surface area contributed by atoms with Crippen molar-refractivity contribution in [2.75, 3.05) is 26.8 Å². The van der Waals surface area contributed by atoms with E-state index in [0.717, 1.165) is 50.6 Å². The summed E-state index contributed by atoms with van der Waals surface area (Å²) in [5.74, 6) is 0.946. The van der Waals surface area contributed by atoms with E-state index < -0.39 is 0 Å². The van der Waals surface area contributed by atoms with E-state index in [4.69, 9.17) is 16.3 Å². The number of ether oxygens (including phenoxy) is 1. The lowest BCUT2D eigenvalue weighted by Crippen LogP contribution is -2.57. The molecule has 27 heavy (non-hydrogen) atoms. The van der Waals surface area contributed by atoms with Gasteiger partial charge in [-0.05, 0) is 74.6 Å². The van der Waals surface area contributed by atoms with Gasteiger partial charge in [-0.25, -0.2) is 4.39 Å². The largest absolute Gasteiger partial charge is 0.383 e. The van der Waals surface area contributed by atoms with E-state index in [9.17, 15) is 9.18 Å². The van der Waals surface area contributed by atoms with Gasteiger partial charge in [0, 0.05) is 25.1 Å². The van der Waals surface area contributed by atoms with Crippen LogP contribution in [-0.2, 0) is 9.53 Å². The number of methoxy groups -OCH3 is 1. The smallest absolute Gasteiger partial charge is 0.221 e. The summed E-state index contributed by atoms with van der Waals surface area (Å²) in [6, 6.07) is 4.77. The summed E-state index contributed by atoms with van der Waals surface area (Å²) in [4.78, 5) is 11.8. The Morgan fingerprint density at radius 1 is 1.33 bits per heavy atom. The zero-order valence-electron chi connectivity index (χ0n) is 16.0. The highest BCUT2D eigenvalue weighted by Crippen LogP contribution is 2.39. The molecule has 0 spiro atoms. The van der Waals surface area contributed by atoms with Gasteiger partial charge in [-0.15, -0.1) is 0 Å². The fraction of sp³-hybridized carbons (Fsp3) is 0.667. The molecule has 1 atom stereocenters. The predicted molar refractivity (Wildman–Crippen MR) is 106 cm³/mol. The quantitative estimate of drug-likeness (QED) is 0.731. The highest BCUT2D eigenvalue weighted by atomic mass is 35.5. The summed E-state index contributed by atoms with van der Waals surface area (Å²) in [5.41, 5.74) is 0.859. The lowest BCUT2D eigenvalue weighted by molar-refractivity contribution is -0.125. The first-order valence-electron chi connectivity index (χ1n) is 9.97. The normalized spacial score (nSPS) is 28.8. The van der Waals surface area contributed by atoms with Crippen LogP contribution >= 0.6 is 11.6 Å². The molecule has 1 amide bonds. The maximum atomic E-state index is 13.3. The van der Waals surface area contributed by atoms with E-state index in [1.165, 1.54) is 12.1 Å². The third-order valence-corrected chi connectivity index (χ3v) is 6.47. The molecule has 6 heteroatoms. The minimum absolute atomic E-state index is 0.0995. The van der Waals surface area contributed by atoms with Gasteiger partial charge in [0.05, 0.1) is 12.1 Å². The average Bonchev–Trinajstić information content (AvgIpc) is 2.63. The van der Waals surface area contributed by atoms with Crippen LogP contribution in [0.2, 0.25) is 5.02 Å². The molecule has 1 saturated heterocycles. The molecular weight excluding hydrogens is 367 g/mol. The van der Waals surface area contributed by atoms with Crippen molar-refractivity contribution in [3.63, 3.8) is 0 Å². The fourth-order valence-corrected chi connectivity index (χ4v) is 4.96. The molecule has 1 aromatic carbocycles. The molecule has 0 bridgehead atoms. The maximum Gasteiger partial charge on any atom is 0.221 e. The molecule has 1 heterocycles. The van der Waals surface area contributed by atoms with Gasteiger partial charge in [0.15, 0.2) is 0 Å². The van der Waals surface area contributed by atoms with Crippen molar-refractivity contribution >= 4 is 17.5 Å². The summed E-state index contributed by atoms with van der Waals surface area (Å²) >= 11 is 6.23. The Kier molecular flexibility index (Phi) is 7.12. The molecular formula is C21H30ClFN2O2. The molecule has 1 aliphatic heterocycles. The van der Waals surface area contributed by atoms with Crippen LogP contribution in [-0.4, -0.2) is 38.3 Å². The number of amides is 1. The summed E-state index contributed by atoms with van der Waals surface area (Å²) in [6.45, 7) is 2.18. The number of hydrogen-bond acceptors (Lipinski definition) is 3. The van der Waals surface area contributed by atoms with Crippen LogP contribution in [0.25, 0.3) is 0 Å². The molecule has 4 nitrogen and oxygen atoms in total. The van der Waals surface area contributed by atoms with Crippen LogP contribution < -0.4 is 10.6 Å². The van der Waals surface area contributed by atoms with E-state index in [0.29, 0.717) is 36.4 Å². The Morgan fingerprint density at radius 3 is 2.78 bits per heavy atom. The SMILES string of the molecule is COCC1(NCC[C@H]2CC[C@@H](c3ccc(F)cc3Cl)CC2)CCNC(=O)C1. The first kappa shape index (κ1) is 20.6. The minimum atomic E-state index is -0.273. The van der Waals surface area contributed by atoms with E-state index >= 15 is 0 Å². The zero-order chi connectivity index (χ0) is 19.3. The van der Waals surface area contributed by atoms with Gasteiger partial charge in [-0.3, -0.25) is 4.79 Å². The Hall–Kier alpha value is -1.17. The van der Waals surface area contributed by atoms with Crippen molar-refractivity contribution in [3.05, 3.63) is 34.6 Å². The molecule has 0 radical (unpaired) electrons. The number of nitrogens with one attached hydrogen (secondary N) is 2. The van der Waals surface area contributed by atoms with Crippen molar-refractivity contribution in [3.8, 4) is 0 Å². The van der Waals surface area contributed by atoms with Crippen LogP contribution in [0.15, 0.2) is 18.2 Å². The molecule has 2 aliphatic rings. The molecule has 1 aromatic rings. The third kappa shape index (κ3) is 5.43. The lowest BCUT2D eigenvalue weighted by atomic mass is 9.77. The van der Waals surface area contributed by atoms with Gasteiger partial charge in [0.25, 0.3) is 0 Å². The van der Waals surface area contributed by atoms with Crippen molar-refractivity contribution in [2.45, 2.75) is 56.4 Å². The van der Waals surface area contributed by atoms with Gasteiger partial charge in [-0.1, -0.05) is 17.7 Å². The number of hydrogen-bond donors (Lipinski definition) is 2. The van der Waals surface area contributed by atoms with Crippen LogP contribution in [0.5, 0.6) is 0 Å². The predicted octanol–water partition coefficient (Wildman–Crippen LogP) is 4.03. The van der Waals surface area contributed by atoms with Crippen molar-refractivity contribution in [1.29, 1.82) is 0 Å². The Labute approximate surface area is 166 Å². The van der Waals surface area contributed by atoms with Crippen LogP contribution in [0.1, 0.15) is 56.4 Å². The monoisotopic (exact) mass is 396 g/mol. The summed E-state index contributed by atoms with van der Waals surface area (Å²) in [6.07, 6.45) is 7.02. The summed E-state index contributed by atoms with van der Waals surface area (Å²) in [7, 11) is 1.69. The van der Waals surface area contributed by atoms with Gasteiger partial charge in [0.1, 0.15) is 5.82 Å². The molecule has 3 rings (SSSR count). The van der Waals surface area contributed by atoms with Gasteiger partial charge in [-0.2, -0.15) is 0 Å². The highest BCUT2D eigenvalue weighted by Gasteiger charge is 2.35. The van der Waals surface area contributed by atoms with Crippen molar-refractivity contribution in [1.82, 2.24) is 10.6 Å². The number of carbonyl (C=O) groups excluding carboxylic acids is 1. The molecule has 2 N–H and O–H groups in total. The Bertz CT molecular complexity index is 645. The minimum Gasteiger partial charge on any atom is -0.383 e. The summed E-state index contributed by atoms with van der Waals surface area (Å²) in [5, 5.41) is 7.07. The average molecular weight is 397 g/mol. The number of halogens is 2. The van der Waals surface area contributed by atoms with E-state index in [1.54, 1.807) is 7.11 Å². The summed E-state index contributed by atoms with van der Waals surface area (Å²) < 4.78 is 18.6.